The molecule has 0 radical (unpaired) electrons. The summed E-state index contributed by atoms with van der Waals surface area (Å²) in [4.78, 5) is 5.56. The molecule has 28 heavy (non-hydrogen) atoms. The molecule has 1 atom stereocenters. The number of likely N-dealkylation sites (tertiary alicyclic amines) is 1. The second kappa shape index (κ2) is 8.07. The minimum Gasteiger partial charge on any atom is -0.360 e. The zero-order valence-corrected chi connectivity index (χ0v) is 17.4. The number of fused-ring (bicyclic) bond motifs is 1. The van der Waals surface area contributed by atoms with Gasteiger partial charge in [-0.15, -0.1) is 0 Å². The average molecular weight is 419 g/mol. The third-order valence-corrected chi connectivity index (χ3v) is 6.49. The van der Waals surface area contributed by atoms with Gasteiger partial charge in [0.2, 0.25) is 0 Å². The van der Waals surface area contributed by atoms with Gasteiger partial charge in [-0.05, 0) is 24.1 Å². The first kappa shape index (κ1) is 21.2. The van der Waals surface area contributed by atoms with Crippen LogP contribution in [0.25, 0.3) is 11.0 Å². The molecule has 2 aromatic heterocycles. The standard InChI is InChI=1S/C18H26F4N4OSi/c1-28(2,3)7-6-27-12-26-17-13(10-25-5-4-14(19)11-25)8-16(18(20,21)22)24-15(17)9-23-26/h8-9,14H,4-7,10-12H2,1-3H3/t14-/m0/s1. The molecule has 3 rings (SSSR count). The van der Waals surface area contributed by atoms with Crippen molar-refractivity contribution in [2.24, 2.45) is 0 Å². The second-order valence-corrected chi connectivity index (χ2v) is 14.1. The summed E-state index contributed by atoms with van der Waals surface area (Å²) in [5.74, 6) is 0. The number of hydrogen-bond donors (Lipinski definition) is 0. The molecule has 1 saturated heterocycles. The second-order valence-electron chi connectivity index (χ2n) is 8.51. The highest BCUT2D eigenvalue weighted by Gasteiger charge is 2.34. The lowest BCUT2D eigenvalue weighted by Gasteiger charge is -2.18. The smallest absolute Gasteiger partial charge is 0.360 e. The maximum atomic E-state index is 13.5. The van der Waals surface area contributed by atoms with Gasteiger partial charge in [-0.25, -0.2) is 14.1 Å². The fourth-order valence-corrected chi connectivity index (χ4v) is 4.00. The van der Waals surface area contributed by atoms with Crippen LogP contribution in [0.1, 0.15) is 17.7 Å². The van der Waals surface area contributed by atoms with E-state index in [1.165, 1.54) is 6.20 Å². The summed E-state index contributed by atoms with van der Waals surface area (Å²) in [5.41, 5.74) is 0.181. The number of aromatic nitrogens is 3. The van der Waals surface area contributed by atoms with Crippen LogP contribution in [0.2, 0.25) is 25.7 Å². The minimum atomic E-state index is -4.55. The van der Waals surface area contributed by atoms with Gasteiger partial charge >= 0.3 is 6.18 Å². The van der Waals surface area contributed by atoms with E-state index >= 15 is 0 Å². The molecule has 10 heteroatoms. The number of alkyl halides is 4. The summed E-state index contributed by atoms with van der Waals surface area (Å²) >= 11 is 0. The predicted octanol–water partition coefficient (Wildman–Crippen LogP) is 4.31. The Labute approximate surface area is 162 Å². The Kier molecular flexibility index (Phi) is 6.11. The van der Waals surface area contributed by atoms with Crippen LogP contribution >= 0.6 is 0 Å². The van der Waals surface area contributed by atoms with Crippen molar-refractivity contribution in [1.82, 2.24) is 19.7 Å². The molecule has 1 fully saturated rings. The maximum Gasteiger partial charge on any atom is 0.433 e. The molecular weight excluding hydrogens is 392 g/mol. The van der Waals surface area contributed by atoms with E-state index in [-0.39, 0.29) is 25.3 Å². The molecule has 0 spiro atoms. The van der Waals surface area contributed by atoms with E-state index in [4.69, 9.17) is 4.74 Å². The van der Waals surface area contributed by atoms with Crippen LogP contribution in [0.4, 0.5) is 17.6 Å². The van der Waals surface area contributed by atoms with Crippen LogP contribution in [-0.4, -0.2) is 53.6 Å². The summed E-state index contributed by atoms with van der Waals surface area (Å²) in [7, 11) is -1.24. The minimum absolute atomic E-state index is 0.153. The predicted molar refractivity (Wildman–Crippen MR) is 101 cm³/mol. The molecule has 3 heterocycles. The van der Waals surface area contributed by atoms with Crippen LogP contribution < -0.4 is 0 Å². The number of nitrogens with zero attached hydrogens (tertiary/aromatic N) is 4. The topological polar surface area (TPSA) is 43.2 Å². The fraction of sp³-hybridized carbons (Fsp3) is 0.667. The largest absolute Gasteiger partial charge is 0.433 e. The Bertz CT molecular complexity index is 818. The zero-order valence-electron chi connectivity index (χ0n) is 16.4. The first-order valence-corrected chi connectivity index (χ1v) is 13.1. The lowest BCUT2D eigenvalue weighted by molar-refractivity contribution is -0.141. The van der Waals surface area contributed by atoms with Crippen molar-refractivity contribution in [2.75, 3.05) is 19.7 Å². The van der Waals surface area contributed by atoms with E-state index in [1.807, 2.05) is 4.90 Å². The monoisotopic (exact) mass is 418 g/mol. The van der Waals surface area contributed by atoms with Crippen molar-refractivity contribution in [3.05, 3.63) is 23.5 Å². The van der Waals surface area contributed by atoms with Crippen LogP contribution in [0, 0.1) is 0 Å². The molecule has 0 aromatic carbocycles. The van der Waals surface area contributed by atoms with Gasteiger partial charge in [0.05, 0.1) is 11.7 Å². The quantitative estimate of drug-likeness (QED) is 0.382. The third kappa shape index (κ3) is 5.29. The Morgan fingerprint density at radius 3 is 2.64 bits per heavy atom. The van der Waals surface area contributed by atoms with Crippen molar-refractivity contribution in [2.45, 2.75) is 57.7 Å². The highest BCUT2D eigenvalue weighted by Crippen LogP contribution is 2.32. The van der Waals surface area contributed by atoms with E-state index in [1.54, 1.807) is 4.68 Å². The number of ether oxygens (including phenoxy) is 1. The molecule has 0 amide bonds. The zero-order chi connectivity index (χ0) is 20.5. The molecule has 156 valence electrons. The Morgan fingerprint density at radius 1 is 1.29 bits per heavy atom. The highest BCUT2D eigenvalue weighted by atomic mass is 28.3. The lowest BCUT2D eigenvalue weighted by atomic mass is 10.1. The molecule has 0 N–H and O–H groups in total. The van der Waals surface area contributed by atoms with Crippen molar-refractivity contribution in [3.8, 4) is 0 Å². The number of rotatable bonds is 7. The van der Waals surface area contributed by atoms with Gasteiger partial charge in [-0.1, -0.05) is 19.6 Å². The molecule has 5 nitrogen and oxygen atoms in total. The molecular formula is C18H26F4N4OSi. The molecule has 1 aliphatic heterocycles. The Balaban J connectivity index is 1.86. The van der Waals surface area contributed by atoms with E-state index in [0.29, 0.717) is 30.7 Å². The third-order valence-electron chi connectivity index (χ3n) is 4.79. The Hall–Kier alpha value is -1.52. The van der Waals surface area contributed by atoms with Gasteiger partial charge in [0.15, 0.2) is 0 Å². The normalized spacial score (nSPS) is 19.0. The summed E-state index contributed by atoms with van der Waals surface area (Å²) in [6.07, 6.45) is -3.75. The number of halogens is 4. The molecule has 1 aliphatic rings. The van der Waals surface area contributed by atoms with Gasteiger partial charge in [0, 0.05) is 34.3 Å². The van der Waals surface area contributed by atoms with Crippen molar-refractivity contribution in [3.63, 3.8) is 0 Å². The van der Waals surface area contributed by atoms with Gasteiger partial charge in [-0.2, -0.15) is 18.3 Å². The summed E-state index contributed by atoms with van der Waals surface area (Å²) < 4.78 is 60.5. The van der Waals surface area contributed by atoms with Crippen LogP contribution in [-0.2, 0) is 24.2 Å². The van der Waals surface area contributed by atoms with Gasteiger partial charge in [0.1, 0.15) is 24.1 Å². The van der Waals surface area contributed by atoms with Crippen LogP contribution in [0.3, 0.4) is 0 Å². The lowest BCUT2D eigenvalue weighted by Crippen LogP contribution is -2.23. The van der Waals surface area contributed by atoms with Crippen LogP contribution in [0.5, 0.6) is 0 Å². The first-order chi connectivity index (χ1) is 13.0. The molecule has 0 aliphatic carbocycles. The van der Waals surface area contributed by atoms with Crippen molar-refractivity contribution in [1.29, 1.82) is 0 Å². The molecule has 0 saturated carbocycles. The van der Waals surface area contributed by atoms with E-state index in [0.717, 1.165) is 12.1 Å². The SMILES string of the molecule is C[Si](C)(C)CCOCn1ncc2nc(C(F)(F)F)cc(CN3CC[C@H](F)C3)c21. The molecule has 2 aromatic rings. The Morgan fingerprint density at radius 2 is 2.04 bits per heavy atom. The number of hydrogen-bond acceptors (Lipinski definition) is 4. The van der Waals surface area contributed by atoms with Gasteiger partial charge < -0.3 is 4.74 Å². The first-order valence-electron chi connectivity index (χ1n) is 9.40. The van der Waals surface area contributed by atoms with E-state index in [2.05, 4.69) is 29.7 Å². The maximum absolute atomic E-state index is 13.5. The van der Waals surface area contributed by atoms with Gasteiger partial charge in [0.25, 0.3) is 0 Å². The van der Waals surface area contributed by atoms with Crippen LogP contribution in [0.15, 0.2) is 12.3 Å². The molecule has 0 unspecified atom stereocenters. The van der Waals surface area contributed by atoms with Crippen molar-refractivity contribution < 1.29 is 22.3 Å². The fourth-order valence-electron chi connectivity index (χ4n) is 3.25. The van der Waals surface area contributed by atoms with Gasteiger partial charge in [-0.3, -0.25) is 4.90 Å². The number of pyridine rings is 1. The molecule has 0 bridgehead atoms. The summed E-state index contributed by atoms with van der Waals surface area (Å²) in [6, 6.07) is 2.04. The highest BCUT2D eigenvalue weighted by molar-refractivity contribution is 6.76. The summed E-state index contributed by atoms with van der Waals surface area (Å²) in [6.45, 7) is 8.44. The van der Waals surface area contributed by atoms with Crippen molar-refractivity contribution >= 4 is 19.1 Å². The van der Waals surface area contributed by atoms with E-state index < -0.39 is 26.1 Å². The average Bonchev–Trinajstić information content (AvgIpc) is 3.16. The summed E-state index contributed by atoms with van der Waals surface area (Å²) in [5, 5.41) is 4.18. The van der Waals surface area contributed by atoms with E-state index in [9.17, 15) is 17.6 Å².